The van der Waals surface area contributed by atoms with Crippen LogP contribution in [0.3, 0.4) is 0 Å². The van der Waals surface area contributed by atoms with E-state index >= 15 is 0 Å². The molecule has 0 aromatic heterocycles. The van der Waals surface area contributed by atoms with Gasteiger partial charge in [0.15, 0.2) is 11.6 Å². The van der Waals surface area contributed by atoms with Crippen molar-refractivity contribution in [2.75, 3.05) is 6.61 Å². The van der Waals surface area contributed by atoms with Crippen LogP contribution in [0, 0.1) is 34.0 Å². The number of cyclic esters (lactones) is 1. The van der Waals surface area contributed by atoms with Gasteiger partial charge in [0.25, 0.3) is 0 Å². The zero-order chi connectivity index (χ0) is 17.8. The predicted octanol–water partition coefficient (Wildman–Crippen LogP) is 3.07. The van der Waals surface area contributed by atoms with Crippen LogP contribution in [0.5, 0.6) is 0 Å². The fourth-order valence-corrected chi connectivity index (χ4v) is 8.04. The summed E-state index contributed by atoms with van der Waals surface area (Å²) in [5.74, 6) is -0.905. The molecule has 0 amide bonds. The summed E-state index contributed by atoms with van der Waals surface area (Å²) in [6.45, 7) is 6.41. The molecular weight excluding hydrogens is 340 g/mol. The second-order valence-electron chi connectivity index (χ2n) is 9.22. The molecule has 134 valence electrons. The smallest absolute Gasteiger partial charge is 0.312 e. The normalized spacial score (nSPS) is 54.0. The first kappa shape index (κ1) is 16.0. The fourth-order valence-electron chi connectivity index (χ4n) is 7.32. The van der Waals surface area contributed by atoms with Crippen molar-refractivity contribution in [3.05, 3.63) is 12.2 Å². The highest BCUT2D eigenvalue weighted by Crippen LogP contribution is 2.72. The molecule has 4 nitrogen and oxygen atoms in total. The minimum absolute atomic E-state index is 0.0944. The van der Waals surface area contributed by atoms with Crippen LogP contribution in [0.25, 0.3) is 0 Å². The summed E-state index contributed by atoms with van der Waals surface area (Å²) < 4.78 is 5.66. The van der Waals surface area contributed by atoms with Gasteiger partial charge >= 0.3 is 5.97 Å². The molecule has 1 spiro atoms. The van der Waals surface area contributed by atoms with E-state index in [0.717, 1.165) is 19.3 Å². The number of allylic oxidation sites excluding steroid dienone is 1. The van der Waals surface area contributed by atoms with Crippen molar-refractivity contribution in [3.63, 3.8) is 0 Å². The van der Waals surface area contributed by atoms with E-state index in [2.05, 4.69) is 13.5 Å². The molecule has 0 radical (unpaired) electrons. The number of ketones is 2. The lowest BCUT2D eigenvalue weighted by Gasteiger charge is -2.68. The molecule has 5 saturated carbocycles. The Hall–Kier alpha value is -1.16. The summed E-state index contributed by atoms with van der Waals surface area (Å²) in [6, 6.07) is 0. The Balaban J connectivity index is 1.77. The zero-order valence-electron chi connectivity index (χ0n) is 14.5. The van der Waals surface area contributed by atoms with Crippen LogP contribution in [-0.4, -0.2) is 29.5 Å². The minimum Gasteiger partial charge on any atom is -0.465 e. The van der Waals surface area contributed by atoms with E-state index in [0.29, 0.717) is 31.4 Å². The van der Waals surface area contributed by atoms with Gasteiger partial charge in [0.1, 0.15) is 0 Å². The van der Waals surface area contributed by atoms with Crippen LogP contribution in [0.2, 0.25) is 0 Å². The maximum atomic E-state index is 13.5. The number of fused-ring (bicyclic) bond motifs is 2. The molecule has 5 heteroatoms. The minimum atomic E-state index is -1.14. The maximum Gasteiger partial charge on any atom is 0.312 e. The number of ether oxygens (including phenoxy) is 1. The van der Waals surface area contributed by atoms with Gasteiger partial charge in [0.2, 0.25) is 0 Å². The molecule has 1 aliphatic heterocycles. The van der Waals surface area contributed by atoms with Crippen molar-refractivity contribution >= 4 is 29.1 Å². The molecule has 6 fully saturated rings. The van der Waals surface area contributed by atoms with Crippen LogP contribution in [0.1, 0.15) is 45.4 Å². The molecule has 0 aromatic rings. The van der Waals surface area contributed by atoms with Crippen LogP contribution in [-0.2, 0) is 19.1 Å². The van der Waals surface area contributed by atoms with E-state index < -0.39 is 16.2 Å². The van der Waals surface area contributed by atoms with Crippen molar-refractivity contribution in [2.45, 2.75) is 50.8 Å². The van der Waals surface area contributed by atoms with Gasteiger partial charge < -0.3 is 4.74 Å². The van der Waals surface area contributed by atoms with Crippen LogP contribution in [0.4, 0.5) is 0 Å². The third kappa shape index (κ3) is 1.52. The van der Waals surface area contributed by atoms with Gasteiger partial charge in [0, 0.05) is 11.3 Å². The van der Waals surface area contributed by atoms with Crippen LogP contribution in [0.15, 0.2) is 12.2 Å². The van der Waals surface area contributed by atoms with Crippen LogP contribution >= 0.6 is 11.6 Å². The Morgan fingerprint density at radius 2 is 1.96 bits per heavy atom. The van der Waals surface area contributed by atoms with Crippen molar-refractivity contribution < 1.29 is 19.1 Å². The van der Waals surface area contributed by atoms with E-state index in [-0.39, 0.29) is 40.7 Å². The zero-order valence-corrected chi connectivity index (χ0v) is 15.2. The largest absolute Gasteiger partial charge is 0.465 e. The average molecular weight is 363 g/mol. The molecule has 25 heavy (non-hydrogen) atoms. The van der Waals surface area contributed by atoms with Crippen molar-refractivity contribution in [3.8, 4) is 0 Å². The summed E-state index contributed by atoms with van der Waals surface area (Å²) in [5, 5.41) is -0.791. The van der Waals surface area contributed by atoms with Gasteiger partial charge in [0.05, 0.1) is 22.8 Å². The molecule has 6 rings (SSSR count). The Morgan fingerprint density at radius 3 is 2.72 bits per heavy atom. The van der Waals surface area contributed by atoms with Gasteiger partial charge in [-0.15, -0.1) is 11.6 Å². The SMILES string of the molecule is C=C1C(=O)C23CC[C@@H]1CC2[C@@]12CCC[C@@](C)(COC1=O)C2[C@H](Cl)C3=O. The molecule has 0 aromatic carbocycles. The highest BCUT2D eigenvalue weighted by atomic mass is 35.5. The number of rotatable bonds is 0. The number of esters is 1. The predicted molar refractivity (Wildman–Crippen MR) is 90.9 cm³/mol. The van der Waals surface area contributed by atoms with E-state index in [9.17, 15) is 14.4 Å². The van der Waals surface area contributed by atoms with E-state index in [1.807, 2.05) is 0 Å². The third-order valence-electron chi connectivity index (χ3n) is 8.35. The van der Waals surface area contributed by atoms with Crippen molar-refractivity contribution in [1.82, 2.24) is 0 Å². The highest BCUT2D eigenvalue weighted by molar-refractivity contribution is 6.36. The average Bonchev–Trinajstić information content (AvgIpc) is 2.60. The van der Waals surface area contributed by atoms with E-state index in [1.54, 1.807) is 0 Å². The second kappa shape index (κ2) is 4.57. The Kier molecular flexibility index (Phi) is 2.93. The summed E-state index contributed by atoms with van der Waals surface area (Å²) in [6.07, 6.45) is 4.52. The monoisotopic (exact) mass is 362 g/mol. The van der Waals surface area contributed by atoms with E-state index in [4.69, 9.17) is 16.3 Å². The van der Waals surface area contributed by atoms with Gasteiger partial charge in [-0.25, -0.2) is 0 Å². The number of hydrogen-bond donors (Lipinski definition) is 0. The third-order valence-corrected chi connectivity index (χ3v) is 8.80. The number of carbonyl (C=O) groups is 3. The lowest BCUT2D eigenvalue weighted by molar-refractivity contribution is -0.229. The summed E-state index contributed by atoms with van der Waals surface area (Å²) in [7, 11) is 0. The first-order chi connectivity index (χ1) is 11.8. The standard InChI is InChI=1S/C20H23ClO4/c1-10-11-4-7-20(15(10)22)12(8-11)19-6-3-5-18(2,9-25-17(19)24)14(19)13(21)16(20)23/h11-14H,1,3-9H2,2H3/t11-,12?,13+,14?,18+,19-,20?/m1/s1. The molecule has 6 aliphatic rings. The molecular formula is C20H23ClO4. The number of hydrogen-bond acceptors (Lipinski definition) is 4. The Bertz CT molecular complexity index is 744. The molecule has 1 heterocycles. The van der Waals surface area contributed by atoms with Crippen molar-refractivity contribution in [2.24, 2.45) is 34.0 Å². The molecule has 7 atom stereocenters. The number of alkyl halides is 1. The number of carbonyl (C=O) groups excluding carboxylic acids is 3. The van der Waals surface area contributed by atoms with Gasteiger partial charge in [-0.1, -0.05) is 19.9 Å². The number of halogens is 1. The number of Topliss-reactive ketones (excluding diaryl/α,β-unsaturated/α-hetero) is 2. The van der Waals surface area contributed by atoms with Crippen molar-refractivity contribution in [1.29, 1.82) is 0 Å². The highest BCUT2D eigenvalue weighted by Gasteiger charge is 2.78. The summed E-state index contributed by atoms with van der Waals surface area (Å²) >= 11 is 6.77. The first-order valence-corrected chi connectivity index (χ1v) is 9.82. The molecule has 4 bridgehead atoms. The van der Waals surface area contributed by atoms with Gasteiger partial charge in [-0.05, 0) is 49.5 Å². The topological polar surface area (TPSA) is 60.4 Å². The van der Waals surface area contributed by atoms with E-state index in [1.165, 1.54) is 0 Å². The molecule has 1 saturated heterocycles. The fraction of sp³-hybridized carbons (Fsp3) is 0.750. The first-order valence-electron chi connectivity index (χ1n) is 9.38. The summed E-state index contributed by atoms with van der Waals surface area (Å²) in [4.78, 5) is 39.8. The summed E-state index contributed by atoms with van der Waals surface area (Å²) in [5.41, 5.74) is -1.62. The molecule has 3 unspecified atom stereocenters. The Labute approximate surface area is 152 Å². The van der Waals surface area contributed by atoms with Gasteiger partial charge in [-0.2, -0.15) is 0 Å². The molecule has 0 N–H and O–H groups in total. The quantitative estimate of drug-likeness (QED) is 0.287. The maximum absolute atomic E-state index is 13.5. The van der Waals surface area contributed by atoms with Crippen LogP contribution < -0.4 is 0 Å². The van der Waals surface area contributed by atoms with Gasteiger partial charge in [-0.3, -0.25) is 14.4 Å². The lowest BCUT2D eigenvalue weighted by atomic mass is 9.35. The molecule has 5 aliphatic carbocycles. The lowest BCUT2D eigenvalue weighted by Crippen LogP contribution is -2.75. The Morgan fingerprint density at radius 1 is 1.20 bits per heavy atom. The second-order valence-corrected chi connectivity index (χ2v) is 9.69.